The normalized spacial score (nSPS) is 12.9. The number of rotatable bonds is 9. The van der Waals surface area contributed by atoms with Crippen LogP contribution < -0.4 is 10.3 Å². The molecule has 4 aromatic rings. The lowest BCUT2D eigenvalue weighted by Gasteiger charge is -2.23. The van der Waals surface area contributed by atoms with Crippen LogP contribution in [0.25, 0.3) is 5.69 Å². The van der Waals surface area contributed by atoms with Gasteiger partial charge >= 0.3 is 0 Å². The van der Waals surface area contributed by atoms with E-state index in [1.807, 2.05) is 23.9 Å². The minimum atomic E-state index is -1.23. The number of pyridine rings is 1. The summed E-state index contributed by atoms with van der Waals surface area (Å²) < 4.78 is 22.5. The molecule has 36 heavy (non-hydrogen) atoms. The summed E-state index contributed by atoms with van der Waals surface area (Å²) >= 11 is 8.09. The minimum Gasteiger partial charge on any atom is -0.495 e. The fourth-order valence-corrected chi connectivity index (χ4v) is 4.89. The van der Waals surface area contributed by atoms with Gasteiger partial charge in [0.15, 0.2) is 0 Å². The Bertz CT molecular complexity index is 1400. The van der Waals surface area contributed by atoms with Gasteiger partial charge in [-0.2, -0.15) is 11.8 Å². The van der Waals surface area contributed by atoms with E-state index < -0.39 is 6.10 Å². The summed E-state index contributed by atoms with van der Waals surface area (Å²) in [6.45, 7) is 1.89. The molecule has 1 N–H and O–H groups in total. The van der Waals surface area contributed by atoms with Crippen LogP contribution in [0.5, 0.6) is 5.75 Å². The highest BCUT2D eigenvalue weighted by molar-refractivity contribution is 7.98. The van der Waals surface area contributed by atoms with Crippen LogP contribution >= 0.6 is 23.4 Å². The molecule has 188 valence electrons. The second-order valence-electron chi connectivity index (χ2n) is 8.43. The summed E-state index contributed by atoms with van der Waals surface area (Å²) in [5.41, 5.74) is 2.67. The first-order chi connectivity index (χ1) is 17.3. The Balaban J connectivity index is 1.76. The summed E-state index contributed by atoms with van der Waals surface area (Å²) in [5, 5.41) is 11.6. The van der Waals surface area contributed by atoms with Crippen LogP contribution in [-0.4, -0.2) is 38.3 Å². The van der Waals surface area contributed by atoms with Crippen molar-refractivity contribution in [2.24, 2.45) is 0 Å². The predicted octanol–water partition coefficient (Wildman–Crippen LogP) is 5.57. The van der Waals surface area contributed by atoms with Gasteiger partial charge in [0.1, 0.15) is 17.7 Å². The molecule has 2 heterocycles. The number of aromatic nitrogens is 3. The number of benzene rings is 2. The molecule has 0 fully saturated rings. The van der Waals surface area contributed by atoms with Gasteiger partial charge in [-0.15, -0.1) is 0 Å². The van der Waals surface area contributed by atoms with Crippen molar-refractivity contribution < 1.29 is 14.2 Å². The zero-order valence-electron chi connectivity index (χ0n) is 20.2. The number of imidazole rings is 1. The molecule has 0 bridgehead atoms. The summed E-state index contributed by atoms with van der Waals surface area (Å²) in [5.74, 6) is 0.960. The molecule has 2 atom stereocenters. The number of aryl methyl sites for hydroxylation is 1. The van der Waals surface area contributed by atoms with Crippen LogP contribution in [0.3, 0.4) is 0 Å². The van der Waals surface area contributed by atoms with Crippen molar-refractivity contribution >= 4 is 23.4 Å². The molecule has 2 unspecified atom stereocenters. The number of halogens is 2. The Morgan fingerprint density at radius 1 is 1.14 bits per heavy atom. The van der Waals surface area contributed by atoms with Gasteiger partial charge in [-0.05, 0) is 66.8 Å². The fourth-order valence-electron chi connectivity index (χ4n) is 4.21. The molecule has 0 saturated carbocycles. The van der Waals surface area contributed by atoms with Gasteiger partial charge in [-0.3, -0.25) is 4.79 Å². The van der Waals surface area contributed by atoms with Gasteiger partial charge in [-0.25, -0.2) is 9.37 Å². The average Bonchev–Trinajstić information content (AvgIpc) is 3.32. The number of nitrogens with zero attached hydrogens (tertiary/aromatic N) is 3. The van der Waals surface area contributed by atoms with E-state index >= 15 is 0 Å². The van der Waals surface area contributed by atoms with Crippen LogP contribution in [0.15, 0.2) is 72.0 Å². The zero-order chi connectivity index (χ0) is 25.8. The SMILES string of the molecule is COc1cc(C(O)c2cc(Cl)cn(C(CCSC)c3ccc(F)cc3)c2=O)ccc1-n1cnc(C)c1. The van der Waals surface area contributed by atoms with E-state index in [2.05, 4.69) is 4.98 Å². The van der Waals surface area contributed by atoms with Crippen LogP contribution in [0.1, 0.15) is 41.0 Å². The molecular weight excluding hydrogens is 501 g/mol. The lowest BCUT2D eigenvalue weighted by Crippen LogP contribution is -2.30. The third-order valence-corrected chi connectivity index (χ3v) is 6.88. The van der Waals surface area contributed by atoms with E-state index in [1.165, 1.54) is 22.8 Å². The van der Waals surface area contributed by atoms with Gasteiger partial charge in [0.2, 0.25) is 0 Å². The number of ether oxygens (including phenoxy) is 1. The molecule has 0 aliphatic carbocycles. The van der Waals surface area contributed by atoms with Crippen molar-refractivity contribution in [3.63, 3.8) is 0 Å². The molecule has 4 rings (SSSR count). The molecule has 0 amide bonds. The van der Waals surface area contributed by atoms with Crippen molar-refractivity contribution in [3.8, 4) is 11.4 Å². The van der Waals surface area contributed by atoms with Crippen LogP contribution in [-0.2, 0) is 0 Å². The van der Waals surface area contributed by atoms with E-state index in [0.717, 1.165) is 22.7 Å². The maximum absolute atomic E-state index is 13.6. The largest absolute Gasteiger partial charge is 0.495 e. The Kier molecular flexibility index (Phi) is 8.18. The van der Waals surface area contributed by atoms with Crippen LogP contribution in [0, 0.1) is 12.7 Å². The lowest BCUT2D eigenvalue weighted by atomic mass is 10.00. The first-order valence-corrected chi connectivity index (χ1v) is 13.1. The van der Waals surface area contributed by atoms with Crippen molar-refractivity contribution in [2.45, 2.75) is 25.5 Å². The van der Waals surface area contributed by atoms with E-state index in [1.54, 1.807) is 61.7 Å². The van der Waals surface area contributed by atoms with Crippen LogP contribution in [0.4, 0.5) is 4.39 Å². The minimum absolute atomic E-state index is 0.145. The number of hydrogen-bond acceptors (Lipinski definition) is 5. The summed E-state index contributed by atoms with van der Waals surface area (Å²) in [6, 6.07) is 12.5. The molecule has 0 spiro atoms. The van der Waals surface area contributed by atoms with E-state index in [4.69, 9.17) is 16.3 Å². The third-order valence-electron chi connectivity index (χ3n) is 6.03. The Morgan fingerprint density at radius 3 is 2.50 bits per heavy atom. The predicted molar refractivity (Wildman–Crippen MR) is 142 cm³/mol. The molecule has 0 saturated heterocycles. The maximum Gasteiger partial charge on any atom is 0.257 e. The van der Waals surface area contributed by atoms with Crippen molar-refractivity contribution in [1.82, 2.24) is 14.1 Å². The molecule has 0 aliphatic rings. The average molecular weight is 528 g/mol. The topological polar surface area (TPSA) is 69.3 Å². The van der Waals surface area contributed by atoms with Crippen molar-refractivity contribution in [1.29, 1.82) is 0 Å². The standard InChI is InChI=1S/C27H27ClFN3O3S/c1-17-14-31(16-30-17)24-9-6-19(12-25(24)35-2)26(33)22-13-20(28)15-32(27(22)34)23(10-11-36-3)18-4-7-21(29)8-5-18/h4-9,12-16,23,26,33H,10-11H2,1-3H3. The summed E-state index contributed by atoms with van der Waals surface area (Å²) in [7, 11) is 1.55. The van der Waals surface area contributed by atoms with Gasteiger partial charge in [0, 0.05) is 12.4 Å². The van der Waals surface area contributed by atoms with Gasteiger partial charge in [0.25, 0.3) is 5.56 Å². The summed E-state index contributed by atoms with van der Waals surface area (Å²) in [4.78, 5) is 17.9. The fraction of sp³-hybridized carbons (Fsp3) is 0.259. The van der Waals surface area contributed by atoms with Crippen molar-refractivity contribution in [3.05, 3.63) is 111 Å². The summed E-state index contributed by atoms with van der Waals surface area (Å²) in [6.07, 6.45) is 6.51. The molecular formula is C27H27ClFN3O3S. The molecule has 2 aromatic heterocycles. The molecule has 2 aromatic carbocycles. The Hall–Kier alpha value is -3.07. The van der Waals surface area contributed by atoms with Gasteiger partial charge in [-0.1, -0.05) is 29.8 Å². The molecule has 0 aliphatic heterocycles. The zero-order valence-corrected chi connectivity index (χ0v) is 21.8. The lowest BCUT2D eigenvalue weighted by molar-refractivity contribution is 0.217. The van der Waals surface area contributed by atoms with E-state index in [9.17, 15) is 14.3 Å². The van der Waals surface area contributed by atoms with Gasteiger partial charge in [0.05, 0.1) is 41.4 Å². The van der Waals surface area contributed by atoms with E-state index in [-0.39, 0.29) is 23.0 Å². The monoisotopic (exact) mass is 527 g/mol. The second kappa shape index (κ2) is 11.3. The first kappa shape index (κ1) is 26.0. The molecule has 6 nitrogen and oxygen atoms in total. The molecule has 9 heteroatoms. The van der Waals surface area contributed by atoms with E-state index in [0.29, 0.717) is 22.8 Å². The molecule has 0 radical (unpaired) electrons. The highest BCUT2D eigenvalue weighted by atomic mass is 35.5. The first-order valence-electron chi connectivity index (χ1n) is 11.3. The Labute approximate surface area is 218 Å². The smallest absolute Gasteiger partial charge is 0.257 e. The highest BCUT2D eigenvalue weighted by Crippen LogP contribution is 2.31. The number of hydrogen-bond donors (Lipinski definition) is 1. The maximum atomic E-state index is 13.6. The number of aliphatic hydroxyl groups excluding tert-OH is 1. The van der Waals surface area contributed by atoms with Crippen molar-refractivity contribution in [2.75, 3.05) is 19.1 Å². The van der Waals surface area contributed by atoms with Crippen LogP contribution in [0.2, 0.25) is 5.02 Å². The second-order valence-corrected chi connectivity index (χ2v) is 9.85. The quantitative estimate of drug-likeness (QED) is 0.308. The van der Waals surface area contributed by atoms with Gasteiger partial charge < -0.3 is 19.0 Å². The third kappa shape index (κ3) is 5.51. The number of aliphatic hydroxyl groups is 1. The Morgan fingerprint density at radius 2 is 1.86 bits per heavy atom. The number of methoxy groups -OCH3 is 1. The highest BCUT2D eigenvalue weighted by Gasteiger charge is 2.23. The number of thioether (sulfide) groups is 1.